The zero-order chi connectivity index (χ0) is 23.2. The summed E-state index contributed by atoms with van der Waals surface area (Å²) in [7, 11) is 0. The van der Waals surface area contributed by atoms with E-state index in [1.165, 1.54) is 94.6 Å². The van der Waals surface area contributed by atoms with Crippen LogP contribution in [0.5, 0.6) is 0 Å². The molecule has 0 spiro atoms. The van der Waals surface area contributed by atoms with E-state index in [4.69, 9.17) is 6.58 Å². The van der Waals surface area contributed by atoms with Crippen LogP contribution in [0, 0.1) is 52.8 Å². The maximum absolute atomic E-state index is 5.16. The molecule has 0 heterocycles. The molecule has 8 unspecified atom stereocenters. The number of allylic oxidation sites excluding steroid dienone is 6. The first-order chi connectivity index (χ1) is 16.0. The van der Waals surface area contributed by atoms with Crippen molar-refractivity contribution in [1.29, 1.82) is 0 Å². The highest BCUT2D eigenvalue weighted by Crippen LogP contribution is 2.67. The average Bonchev–Trinajstić information content (AvgIpc) is 3.48. The molecule has 182 valence electrons. The summed E-state index contributed by atoms with van der Waals surface area (Å²) < 4.78 is 0. The van der Waals surface area contributed by atoms with Gasteiger partial charge in [0.1, 0.15) is 0 Å². The lowest BCUT2D eigenvalue weighted by atomic mass is 9.43. The van der Waals surface area contributed by atoms with Gasteiger partial charge in [-0.05, 0) is 105 Å². The van der Waals surface area contributed by atoms with Crippen molar-refractivity contribution in [2.45, 2.75) is 104 Å². The Morgan fingerprint density at radius 2 is 1.88 bits per heavy atom. The highest BCUT2D eigenvalue weighted by atomic mass is 14.6. The van der Waals surface area contributed by atoms with Crippen molar-refractivity contribution >= 4 is 0 Å². The quantitative estimate of drug-likeness (QED) is 0.325. The molecule has 0 saturated heterocycles. The first-order valence-electron chi connectivity index (χ1n) is 14.7. The van der Waals surface area contributed by atoms with E-state index in [1.807, 2.05) is 0 Å². The van der Waals surface area contributed by atoms with Crippen LogP contribution in [0.15, 0.2) is 48.1 Å². The van der Waals surface area contributed by atoms with Gasteiger partial charge >= 0.3 is 0 Å². The van der Waals surface area contributed by atoms with Crippen LogP contribution in [0.1, 0.15) is 104 Å². The summed E-state index contributed by atoms with van der Waals surface area (Å²) in [6.45, 7) is 16.8. The Balaban J connectivity index is 1.59. The molecule has 0 aromatic heterocycles. The third kappa shape index (κ3) is 4.16. The van der Waals surface area contributed by atoms with Crippen molar-refractivity contribution in [2.24, 2.45) is 52.8 Å². The summed E-state index contributed by atoms with van der Waals surface area (Å²) in [5.74, 6) is 6.54. The number of fused-ring (bicyclic) bond motifs is 3. The van der Waals surface area contributed by atoms with Gasteiger partial charge in [-0.15, -0.1) is 0 Å². The van der Waals surface area contributed by atoms with Gasteiger partial charge in [0, 0.05) is 5.41 Å². The summed E-state index contributed by atoms with van der Waals surface area (Å²) in [6, 6.07) is 0. The maximum atomic E-state index is 5.16. The van der Waals surface area contributed by atoms with Crippen LogP contribution >= 0.6 is 0 Å². The molecule has 0 nitrogen and oxygen atoms in total. The van der Waals surface area contributed by atoms with Gasteiger partial charge in [-0.25, -0.2) is 0 Å². The Kier molecular flexibility index (Phi) is 6.85. The minimum Gasteiger partial charge on any atom is -0.0990 e. The Bertz CT molecular complexity index is 802. The molecule has 5 aliphatic carbocycles. The summed E-state index contributed by atoms with van der Waals surface area (Å²) in [6.07, 6.45) is 26.3. The van der Waals surface area contributed by atoms with E-state index in [-0.39, 0.29) is 0 Å². The molecule has 2 bridgehead atoms. The Morgan fingerprint density at radius 1 is 1.06 bits per heavy atom. The fraction of sp³-hybridized carbons (Fsp3) is 0.758. The zero-order valence-corrected chi connectivity index (χ0v) is 22.0. The highest BCUT2D eigenvalue weighted by Gasteiger charge is 2.59. The van der Waals surface area contributed by atoms with Gasteiger partial charge in [0.05, 0.1) is 0 Å². The van der Waals surface area contributed by atoms with Gasteiger partial charge in [-0.3, -0.25) is 0 Å². The largest absolute Gasteiger partial charge is 0.0990 e. The van der Waals surface area contributed by atoms with Crippen LogP contribution in [-0.2, 0) is 0 Å². The lowest BCUT2D eigenvalue weighted by Gasteiger charge is -2.60. The van der Waals surface area contributed by atoms with Gasteiger partial charge in [-0.1, -0.05) is 94.9 Å². The first-order valence-corrected chi connectivity index (χ1v) is 14.7. The molecule has 0 N–H and O–H groups in total. The molecular weight excluding hydrogens is 396 g/mol. The van der Waals surface area contributed by atoms with E-state index < -0.39 is 0 Å². The molecule has 5 rings (SSSR count). The second-order valence-corrected chi connectivity index (χ2v) is 12.9. The molecule has 0 aromatic rings. The van der Waals surface area contributed by atoms with Crippen LogP contribution in [0.2, 0.25) is 0 Å². The third-order valence-corrected chi connectivity index (χ3v) is 11.3. The average molecular weight is 447 g/mol. The normalized spacial score (nSPS) is 41.1. The standard InChI is InChI=1S/C33H50/c1-6-27(17-15-25-13-14-25)24(5)33(31-12-8-11-30(22(2)3)23(31)4)29-19-16-26(21-29)9-7-10-28-18-20-32(28)33/h8,11-12,23,25-29,31-32H,2,5-7,9-10,13-21H2,1,3-4H3. The second-order valence-electron chi connectivity index (χ2n) is 12.9. The maximum Gasteiger partial charge on any atom is 0.00397 e. The Hall–Kier alpha value is -1.04. The van der Waals surface area contributed by atoms with Crippen molar-refractivity contribution in [3.63, 3.8) is 0 Å². The lowest BCUT2D eigenvalue weighted by Crippen LogP contribution is -2.54. The lowest BCUT2D eigenvalue weighted by molar-refractivity contribution is -0.0509. The molecule has 33 heavy (non-hydrogen) atoms. The number of rotatable bonds is 8. The van der Waals surface area contributed by atoms with Crippen molar-refractivity contribution in [3.8, 4) is 0 Å². The molecule has 0 amide bonds. The SMILES string of the molecule is C=C(C)C1=CC=CC(C2(C(=C)C(CC)CCC3CC3)C3CCC(CCCC4CCC42)C3)C1C. The number of hydrogen-bond donors (Lipinski definition) is 0. The predicted octanol–water partition coefficient (Wildman–Crippen LogP) is 9.70. The Morgan fingerprint density at radius 3 is 2.55 bits per heavy atom. The molecule has 5 aliphatic rings. The van der Waals surface area contributed by atoms with Crippen molar-refractivity contribution in [2.75, 3.05) is 0 Å². The van der Waals surface area contributed by atoms with Crippen LogP contribution in [0.3, 0.4) is 0 Å². The van der Waals surface area contributed by atoms with Crippen LogP contribution in [-0.4, -0.2) is 0 Å². The number of hydrogen-bond acceptors (Lipinski definition) is 0. The van der Waals surface area contributed by atoms with E-state index in [2.05, 4.69) is 45.6 Å². The molecule has 0 heteroatoms. The van der Waals surface area contributed by atoms with Crippen LogP contribution in [0.4, 0.5) is 0 Å². The molecule has 4 saturated carbocycles. The summed E-state index contributed by atoms with van der Waals surface area (Å²) in [4.78, 5) is 0. The van der Waals surface area contributed by atoms with E-state index in [1.54, 1.807) is 5.57 Å². The Labute approximate surface area is 205 Å². The van der Waals surface area contributed by atoms with Gasteiger partial charge in [0.25, 0.3) is 0 Å². The fourth-order valence-electron chi connectivity index (χ4n) is 9.24. The first kappa shape index (κ1) is 23.7. The molecule has 0 aromatic carbocycles. The molecule has 0 radical (unpaired) electrons. The van der Waals surface area contributed by atoms with Crippen molar-refractivity contribution in [3.05, 3.63) is 48.1 Å². The molecule has 4 fully saturated rings. The molecule has 0 aliphatic heterocycles. The van der Waals surface area contributed by atoms with E-state index in [0.717, 1.165) is 29.6 Å². The van der Waals surface area contributed by atoms with Crippen LogP contribution < -0.4 is 0 Å². The minimum atomic E-state index is 0.303. The van der Waals surface area contributed by atoms with Gasteiger partial charge in [0.2, 0.25) is 0 Å². The molecule has 8 atom stereocenters. The van der Waals surface area contributed by atoms with Gasteiger partial charge in [0.15, 0.2) is 0 Å². The predicted molar refractivity (Wildman–Crippen MR) is 143 cm³/mol. The fourth-order valence-corrected chi connectivity index (χ4v) is 9.24. The third-order valence-electron chi connectivity index (χ3n) is 11.3. The van der Waals surface area contributed by atoms with Gasteiger partial charge < -0.3 is 0 Å². The smallest absolute Gasteiger partial charge is 0.00397 e. The van der Waals surface area contributed by atoms with Crippen LogP contribution in [0.25, 0.3) is 0 Å². The summed E-state index contributed by atoms with van der Waals surface area (Å²) in [5, 5.41) is 0. The van der Waals surface area contributed by atoms with E-state index in [0.29, 0.717) is 23.2 Å². The second kappa shape index (κ2) is 9.54. The van der Waals surface area contributed by atoms with Crippen molar-refractivity contribution in [1.82, 2.24) is 0 Å². The monoisotopic (exact) mass is 446 g/mol. The molecular formula is C33H50. The summed E-state index contributed by atoms with van der Waals surface area (Å²) >= 11 is 0. The van der Waals surface area contributed by atoms with Gasteiger partial charge in [-0.2, -0.15) is 0 Å². The topological polar surface area (TPSA) is 0 Å². The van der Waals surface area contributed by atoms with E-state index in [9.17, 15) is 0 Å². The minimum absolute atomic E-state index is 0.303. The highest BCUT2D eigenvalue weighted by molar-refractivity contribution is 5.39. The zero-order valence-electron chi connectivity index (χ0n) is 22.0. The van der Waals surface area contributed by atoms with Crippen molar-refractivity contribution < 1.29 is 0 Å². The summed E-state index contributed by atoms with van der Waals surface area (Å²) in [5.41, 5.74) is 4.79. The van der Waals surface area contributed by atoms with E-state index >= 15 is 0 Å².